The standard InChI is InChI=1S/C24H24N4O4S/c1-4-24(17-8-6-5-7-9-17)21(30)28(23(31)27-24)14-19(29)25-22-26-20(15(2)33-22)16-10-12-18(32-3)13-11-16/h5-13H,4,14H2,1-3H3,(H,27,31)(H,25,26,29)/t24-/m0/s1. The number of aromatic nitrogens is 1. The van der Waals surface area contributed by atoms with Crippen molar-refractivity contribution in [3.63, 3.8) is 0 Å². The lowest BCUT2D eigenvalue weighted by atomic mass is 9.87. The third-order valence-corrected chi connectivity index (χ3v) is 6.57. The molecule has 1 aromatic heterocycles. The van der Waals surface area contributed by atoms with E-state index in [1.807, 2.05) is 56.3 Å². The molecular formula is C24H24N4O4S. The van der Waals surface area contributed by atoms with Gasteiger partial charge in [0.15, 0.2) is 5.13 Å². The number of imide groups is 1. The predicted octanol–water partition coefficient (Wildman–Crippen LogP) is 3.92. The molecule has 1 fully saturated rings. The molecule has 3 aromatic rings. The first kappa shape index (κ1) is 22.5. The summed E-state index contributed by atoms with van der Waals surface area (Å²) in [6.07, 6.45) is 0.372. The van der Waals surface area contributed by atoms with Gasteiger partial charge in [-0.25, -0.2) is 9.78 Å². The molecule has 8 nitrogen and oxygen atoms in total. The van der Waals surface area contributed by atoms with Crippen molar-refractivity contribution >= 4 is 34.3 Å². The average Bonchev–Trinajstić information content (AvgIpc) is 3.31. The maximum Gasteiger partial charge on any atom is 0.325 e. The number of aryl methyl sites for hydroxylation is 1. The predicted molar refractivity (Wildman–Crippen MR) is 126 cm³/mol. The van der Waals surface area contributed by atoms with Crippen molar-refractivity contribution in [2.24, 2.45) is 0 Å². The monoisotopic (exact) mass is 464 g/mol. The number of benzene rings is 2. The van der Waals surface area contributed by atoms with Gasteiger partial charge >= 0.3 is 6.03 Å². The second kappa shape index (κ2) is 9.03. The Labute approximate surface area is 195 Å². The Bertz CT molecular complexity index is 1190. The maximum absolute atomic E-state index is 13.2. The Morgan fingerprint density at radius 1 is 1.15 bits per heavy atom. The Kier molecular flexibility index (Phi) is 6.15. The van der Waals surface area contributed by atoms with Crippen LogP contribution < -0.4 is 15.4 Å². The minimum Gasteiger partial charge on any atom is -0.497 e. The lowest BCUT2D eigenvalue weighted by Crippen LogP contribution is -2.44. The summed E-state index contributed by atoms with van der Waals surface area (Å²) in [6.45, 7) is 3.35. The van der Waals surface area contributed by atoms with Gasteiger partial charge in [0.05, 0.1) is 12.8 Å². The number of urea groups is 1. The normalized spacial score (nSPS) is 17.7. The van der Waals surface area contributed by atoms with Crippen LogP contribution >= 0.6 is 11.3 Å². The van der Waals surface area contributed by atoms with Gasteiger partial charge in [-0.05, 0) is 43.2 Å². The van der Waals surface area contributed by atoms with E-state index in [9.17, 15) is 14.4 Å². The fourth-order valence-corrected chi connectivity index (χ4v) is 4.75. The summed E-state index contributed by atoms with van der Waals surface area (Å²) >= 11 is 1.33. The highest BCUT2D eigenvalue weighted by Crippen LogP contribution is 2.33. The van der Waals surface area contributed by atoms with Crippen LogP contribution in [0.1, 0.15) is 23.8 Å². The van der Waals surface area contributed by atoms with Crippen molar-refractivity contribution in [2.45, 2.75) is 25.8 Å². The zero-order chi connectivity index (χ0) is 23.6. The van der Waals surface area contributed by atoms with Gasteiger partial charge in [-0.2, -0.15) is 0 Å². The molecule has 33 heavy (non-hydrogen) atoms. The number of methoxy groups -OCH3 is 1. The van der Waals surface area contributed by atoms with Gasteiger partial charge in [0.1, 0.15) is 17.8 Å². The molecule has 1 aliphatic rings. The first-order valence-electron chi connectivity index (χ1n) is 10.5. The molecule has 0 aliphatic carbocycles. The number of hydrogen-bond acceptors (Lipinski definition) is 6. The number of amides is 4. The van der Waals surface area contributed by atoms with Gasteiger partial charge in [0.2, 0.25) is 5.91 Å². The van der Waals surface area contributed by atoms with Crippen molar-refractivity contribution in [2.75, 3.05) is 19.0 Å². The molecule has 4 amide bonds. The highest BCUT2D eigenvalue weighted by Gasteiger charge is 2.51. The van der Waals surface area contributed by atoms with E-state index < -0.39 is 29.9 Å². The molecule has 2 aromatic carbocycles. The lowest BCUT2D eigenvalue weighted by Gasteiger charge is -2.25. The Balaban J connectivity index is 1.48. The number of nitrogens with zero attached hydrogens (tertiary/aromatic N) is 2. The quantitative estimate of drug-likeness (QED) is 0.516. The van der Waals surface area contributed by atoms with E-state index in [4.69, 9.17) is 4.74 Å². The number of ether oxygens (including phenoxy) is 1. The average molecular weight is 465 g/mol. The Hall–Kier alpha value is -3.72. The molecule has 9 heteroatoms. The van der Waals surface area contributed by atoms with Crippen molar-refractivity contribution in [3.05, 3.63) is 65.0 Å². The van der Waals surface area contributed by atoms with E-state index in [0.717, 1.165) is 26.8 Å². The summed E-state index contributed by atoms with van der Waals surface area (Å²) in [5, 5.41) is 5.90. The second-order valence-electron chi connectivity index (χ2n) is 7.65. The highest BCUT2D eigenvalue weighted by molar-refractivity contribution is 7.16. The third kappa shape index (κ3) is 4.19. The smallest absolute Gasteiger partial charge is 0.325 e. The van der Waals surface area contributed by atoms with Crippen LogP contribution in [0.25, 0.3) is 11.3 Å². The number of carbonyl (C=O) groups excluding carboxylic acids is 3. The van der Waals surface area contributed by atoms with E-state index in [0.29, 0.717) is 17.1 Å². The van der Waals surface area contributed by atoms with Crippen LogP contribution in [0, 0.1) is 6.92 Å². The van der Waals surface area contributed by atoms with Crippen molar-refractivity contribution < 1.29 is 19.1 Å². The van der Waals surface area contributed by atoms with Gasteiger partial charge in [-0.3, -0.25) is 14.5 Å². The fraction of sp³-hybridized carbons (Fsp3) is 0.250. The molecular weight excluding hydrogens is 440 g/mol. The molecule has 0 bridgehead atoms. The summed E-state index contributed by atoms with van der Waals surface area (Å²) in [5.74, 6) is -0.188. The summed E-state index contributed by atoms with van der Waals surface area (Å²) in [5.41, 5.74) is 1.17. The van der Waals surface area contributed by atoms with Crippen molar-refractivity contribution in [1.29, 1.82) is 0 Å². The Morgan fingerprint density at radius 3 is 2.48 bits per heavy atom. The maximum atomic E-state index is 13.2. The zero-order valence-electron chi connectivity index (χ0n) is 18.5. The molecule has 0 saturated carbocycles. The zero-order valence-corrected chi connectivity index (χ0v) is 19.4. The van der Waals surface area contributed by atoms with Crippen LogP contribution in [0.3, 0.4) is 0 Å². The second-order valence-corrected chi connectivity index (χ2v) is 8.85. The van der Waals surface area contributed by atoms with E-state index in [1.165, 1.54) is 11.3 Å². The molecule has 2 N–H and O–H groups in total. The van der Waals surface area contributed by atoms with E-state index in [-0.39, 0.29) is 0 Å². The number of nitrogens with one attached hydrogen (secondary N) is 2. The lowest BCUT2D eigenvalue weighted by molar-refractivity contribution is -0.134. The number of thiazole rings is 1. The molecule has 0 unspecified atom stereocenters. The van der Waals surface area contributed by atoms with Crippen molar-refractivity contribution in [3.8, 4) is 17.0 Å². The first-order valence-corrected chi connectivity index (χ1v) is 11.3. The van der Waals surface area contributed by atoms with Gasteiger partial charge in [0.25, 0.3) is 5.91 Å². The minimum atomic E-state index is -1.17. The largest absolute Gasteiger partial charge is 0.497 e. The number of carbonyl (C=O) groups is 3. The SMILES string of the molecule is CC[C@@]1(c2ccccc2)NC(=O)N(CC(=O)Nc2nc(-c3ccc(OC)cc3)c(C)s2)C1=O. The van der Waals surface area contributed by atoms with E-state index in [1.54, 1.807) is 19.2 Å². The van der Waals surface area contributed by atoms with E-state index in [2.05, 4.69) is 15.6 Å². The van der Waals surface area contributed by atoms with Crippen LogP contribution in [0.5, 0.6) is 5.75 Å². The third-order valence-electron chi connectivity index (χ3n) is 5.68. The molecule has 2 heterocycles. The number of rotatable bonds is 7. The van der Waals surface area contributed by atoms with Gasteiger partial charge < -0.3 is 15.4 Å². The topological polar surface area (TPSA) is 101 Å². The minimum absolute atomic E-state index is 0.372. The molecule has 4 rings (SSSR count). The van der Waals surface area contributed by atoms with Gasteiger partial charge in [0, 0.05) is 10.4 Å². The molecule has 1 atom stereocenters. The number of hydrogen-bond donors (Lipinski definition) is 2. The molecule has 0 radical (unpaired) electrons. The van der Waals surface area contributed by atoms with E-state index >= 15 is 0 Å². The molecule has 0 spiro atoms. The van der Waals surface area contributed by atoms with Gasteiger partial charge in [-0.15, -0.1) is 11.3 Å². The summed E-state index contributed by atoms with van der Waals surface area (Å²) < 4.78 is 5.19. The van der Waals surface area contributed by atoms with Gasteiger partial charge in [-0.1, -0.05) is 37.3 Å². The highest BCUT2D eigenvalue weighted by atomic mass is 32.1. The fourth-order valence-electron chi connectivity index (χ4n) is 3.90. The summed E-state index contributed by atoms with van der Waals surface area (Å²) in [7, 11) is 1.60. The molecule has 1 saturated heterocycles. The molecule has 170 valence electrons. The van der Waals surface area contributed by atoms with Crippen LogP contribution in [0.2, 0.25) is 0 Å². The molecule has 1 aliphatic heterocycles. The van der Waals surface area contributed by atoms with Crippen LogP contribution in [-0.4, -0.2) is 41.4 Å². The first-order chi connectivity index (χ1) is 15.9. The number of anilines is 1. The van der Waals surface area contributed by atoms with Crippen LogP contribution in [0.4, 0.5) is 9.93 Å². The Morgan fingerprint density at radius 2 is 1.85 bits per heavy atom. The summed E-state index contributed by atoms with van der Waals surface area (Å²) in [4.78, 5) is 44.9. The van der Waals surface area contributed by atoms with Crippen LogP contribution in [0.15, 0.2) is 54.6 Å². The van der Waals surface area contributed by atoms with Crippen LogP contribution in [-0.2, 0) is 15.1 Å². The van der Waals surface area contributed by atoms with Crippen molar-refractivity contribution in [1.82, 2.24) is 15.2 Å². The summed E-state index contributed by atoms with van der Waals surface area (Å²) in [6, 6.07) is 16.0.